The van der Waals surface area contributed by atoms with E-state index < -0.39 is 43.6 Å². The lowest BCUT2D eigenvalue weighted by Gasteiger charge is -2.22. The molecule has 1 unspecified atom stereocenters. The van der Waals surface area contributed by atoms with Crippen molar-refractivity contribution in [3.8, 4) is 0 Å². The summed E-state index contributed by atoms with van der Waals surface area (Å²) in [5, 5.41) is 10.6. The van der Waals surface area contributed by atoms with Crippen molar-refractivity contribution in [2.75, 3.05) is 11.9 Å². The van der Waals surface area contributed by atoms with E-state index in [2.05, 4.69) is 26.3 Å². The molecule has 1 aromatic carbocycles. The smallest absolute Gasteiger partial charge is 0.397 e. The number of nitrogens with one attached hydrogen (secondary N) is 4. The first-order chi connectivity index (χ1) is 16.3. The Hall–Kier alpha value is -3.26. The average molecular weight is 543 g/mol. The minimum Gasteiger partial charge on any atom is -0.473 e. The Morgan fingerprint density at radius 3 is 2.60 bits per heavy atom. The van der Waals surface area contributed by atoms with Gasteiger partial charge >= 0.3 is 6.18 Å². The maximum atomic E-state index is 12.5. The van der Waals surface area contributed by atoms with Crippen LogP contribution < -0.4 is 27.0 Å². The molecule has 0 saturated heterocycles. The van der Waals surface area contributed by atoms with E-state index in [9.17, 15) is 31.5 Å². The number of rotatable bonds is 8. The lowest BCUT2D eigenvalue weighted by atomic mass is 10.1. The largest absolute Gasteiger partial charge is 0.473 e. The first-order valence-electron chi connectivity index (χ1n) is 9.69. The third kappa shape index (κ3) is 6.88. The molecule has 0 fully saturated rings. The molecule has 6 N–H and O–H groups in total. The van der Waals surface area contributed by atoms with Gasteiger partial charge < -0.3 is 31.7 Å². The number of halogens is 7. The predicted octanol–water partition coefficient (Wildman–Crippen LogP) is 2.72. The minimum atomic E-state index is -4.65. The van der Waals surface area contributed by atoms with E-state index in [1.807, 2.05) is 0 Å². The summed E-state index contributed by atoms with van der Waals surface area (Å²) in [6, 6.07) is 2.83. The van der Waals surface area contributed by atoms with E-state index in [0.29, 0.717) is 5.70 Å². The van der Waals surface area contributed by atoms with Gasteiger partial charge in [0.1, 0.15) is 12.0 Å². The second kappa shape index (κ2) is 10.6. The number of anilines is 1. The zero-order valence-electron chi connectivity index (χ0n) is 17.4. The topological polar surface area (TPSA) is 130 Å². The van der Waals surface area contributed by atoms with E-state index in [1.165, 1.54) is 18.2 Å². The highest BCUT2D eigenvalue weighted by Gasteiger charge is 2.32. The standard InChI is InChI=1S/C19H17Cl2F5N6O3/c20-9-2-1-7(5-28-12(33)4-19(24,25)26)13(21)14(9)30-18-29-10-3-8(15(27)34)17(31-16(10)32-18)35-6-11(22)23/h1-3,11,16,31H,4-6H2,(H2,27,34)(H,28,33)(H2,29,30,32). The van der Waals surface area contributed by atoms with Gasteiger partial charge in [-0.2, -0.15) is 13.2 Å². The molecule has 0 radical (unpaired) electrons. The number of hydrogen-bond donors (Lipinski definition) is 5. The summed E-state index contributed by atoms with van der Waals surface area (Å²) in [7, 11) is 0. The van der Waals surface area contributed by atoms with Crippen molar-refractivity contribution in [3.63, 3.8) is 0 Å². The van der Waals surface area contributed by atoms with Crippen LogP contribution in [0.15, 0.2) is 40.4 Å². The molecule has 9 nitrogen and oxygen atoms in total. The van der Waals surface area contributed by atoms with Crippen molar-refractivity contribution in [2.45, 2.75) is 31.7 Å². The second-order valence-electron chi connectivity index (χ2n) is 7.15. The number of dihydropyridines is 1. The number of carbonyl (C=O) groups excluding carboxylic acids is 2. The number of primary amides is 1. The maximum absolute atomic E-state index is 12.5. The number of benzene rings is 1. The molecular formula is C19H17Cl2F5N6O3. The number of fused-ring (bicyclic) bond motifs is 1. The van der Waals surface area contributed by atoms with Crippen LogP contribution in [-0.2, 0) is 20.9 Å². The number of hydrogen-bond acceptors (Lipinski definition) is 7. The molecule has 0 aromatic heterocycles. The third-order valence-corrected chi connectivity index (χ3v) is 5.25. The molecule has 0 saturated carbocycles. The first kappa shape index (κ1) is 26.3. The Morgan fingerprint density at radius 1 is 1.26 bits per heavy atom. The number of ether oxygens (including phenoxy) is 1. The first-order valence-corrected chi connectivity index (χ1v) is 10.4. The van der Waals surface area contributed by atoms with Gasteiger partial charge in [-0.3, -0.25) is 9.59 Å². The molecule has 16 heteroatoms. The van der Waals surface area contributed by atoms with Gasteiger partial charge in [-0.05, 0) is 17.7 Å². The van der Waals surface area contributed by atoms with Gasteiger partial charge in [-0.15, -0.1) is 0 Å². The fourth-order valence-electron chi connectivity index (χ4n) is 3.00. The number of alkyl halides is 5. The molecule has 2 aliphatic heterocycles. The van der Waals surface area contributed by atoms with Gasteiger partial charge in [0.05, 0.1) is 21.4 Å². The number of nitrogens with zero attached hydrogens (tertiary/aromatic N) is 1. The zero-order valence-corrected chi connectivity index (χ0v) is 18.9. The predicted molar refractivity (Wildman–Crippen MR) is 116 cm³/mol. The molecule has 2 heterocycles. The summed E-state index contributed by atoms with van der Waals surface area (Å²) >= 11 is 12.5. The van der Waals surface area contributed by atoms with Crippen LogP contribution >= 0.6 is 23.2 Å². The van der Waals surface area contributed by atoms with Gasteiger partial charge in [-0.25, -0.2) is 13.8 Å². The minimum absolute atomic E-state index is 0.00280. The fourth-order valence-corrected chi connectivity index (χ4v) is 3.53. The van der Waals surface area contributed by atoms with Crippen molar-refractivity contribution in [3.05, 3.63) is 51.0 Å². The molecule has 0 aliphatic carbocycles. The van der Waals surface area contributed by atoms with Gasteiger partial charge in [0, 0.05) is 6.54 Å². The molecule has 35 heavy (non-hydrogen) atoms. The molecular weight excluding hydrogens is 526 g/mol. The zero-order chi connectivity index (χ0) is 25.9. The van der Waals surface area contributed by atoms with Crippen LogP contribution in [0.1, 0.15) is 12.0 Å². The molecule has 0 bridgehead atoms. The highest BCUT2D eigenvalue weighted by atomic mass is 35.5. The highest BCUT2D eigenvalue weighted by Crippen LogP contribution is 2.34. The van der Waals surface area contributed by atoms with Gasteiger partial charge in [0.25, 0.3) is 12.3 Å². The van der Waals surface area contributed by atoms with Crippen molar-refractivity contribution in [1.29, 1.82) is 0 Å². The summed E-state index contributed by atoms with van der Waals surface area (Å²) in [6.45, 7) is -1.28. The van der Waals surface area contributed by atoms with Crippen LogP contribution in [0.5, 0.6) is 0 Å². The lowest BCUT2D eigenvalue weighted by Crippen LogP contribution is -2.37. The number of guanidine groups is 1. The van der Waals surface area contributed by atoms with Crippen molar-refractivity contribution in [1.82, 2.24) is 16.0 Å². The van der Waals surface area contributed by atoms with Crippen LogP contribution in [0.2, 0.25) is 10.0 Å². The SMILES string of the molecule is NC(=O)C1=C(OCC(F)F)NC2N=C(Nc3c(Cl)ccc(CNC(=O)CC(F)(F)F)c3Cl)NC2=C1. The van der Waals surface area contributed by atoms with Crippen LogP contribution in [0, 0.1) is 0 Å². The van der Waals surface area contributed by atoms with E-state index in [0.717, 1.165) is 0 Å². The highest BCUT2D eigenvalue weighted by molar-refractivity contribution is 6.40. The molecule has 1 atom stereocenters. The lowest BCUT2D eigenvalue weighted by molar-refractivity contribution is -0.153. The Labute approximate surface area is 204 Å². The Morgan fingerprint density at radius 2 is 1.97 bits per heavy atom. The molecule has 1 aromatic rings. The van der Waals surface area contributed by atoms with E-state index >= 15 is 0 Å². The molecule has 2 aliphatic rings. The normalized spacial score (nSPS) is 17.2. The molecule has 3 rings (SSSR count). The van der Waals surface area contributed by atoms with Gasteiger partial charge in [-0.1, -0.05) is 29.3 Å². The Balaban J connectivity index is 1.73. The third-order valence-electron chi connectivity index (χ3n) is 4.50. The van der Waals surface area contributed by atoms with Crippen LogP contribution in [-0.4, -0.2) is 43.1 Å². The molecule has 2 amide bonds. The Bertz CT molecular complexity index is 1120. The second-order valence-corrected chi connectivity index (χ2v) is 7.93. The Kier molecular flexibility index (Phi) is 7.95. The number of nitrogens with two attached hydrogens (primary N) is 1. The van der Waals surface area contributed by atoms with Crippen LogP contribution in [0.3, 0.4) is 0 Å². The summed E-state index contributed by atoms with van der Waals surface area (Å²) < 4.78 is 67.0. The van der Waals surface area contributed by atoms with Crippen LogP contribution in [0.4, 0.5) is 27.6 Å². The maximum Gasteiger partial charge on any atom is 0.397 e. The summed E-state index contributed by atoms with van der Waals surface area (Å²) in [5.74, 6) is -2.35. The van der Waals surface area contributed by atoms with Crippen molar-refractivity contribution in [2.24, 2.45) is 10.7 Å². The number of amides is 2. The monoisotopic (exact) mass is 542 g/mol. The van der Waals surface area contributed by atoms with E-state index in [-0.39, 0.29) is 45.3 Å². The number of aliphatic imine (C=N–C) groups is 1. The van der Waals surface area contributed by atoms with Gasteiger partial charge in [0.2, 0.25) is 17.7 Å². The van der Waals surface area contributed by atoms with Gasteiger partial charge in [0.15, 0.2) is 12.8 Å². The number of carbonyl (C=O) groups is 2. The summed E-state index contributed by atoms with van der Waals surface area (Å²) in [6.07, 6.45) is -8.66. The van der Waals surface area contributed by atoms with E-state index in [4.69, 9.17) is 33.7 Å². The van der Waals surface area contributed by atoms with E-state index in [1.54, 1.807) is 0 Å². The van der Waals surface area contributed by atoms with Crippen molar-refractivity contribution >= 4 is 46.7 Å². The molecule has 0 spiro atoms. The van der Waals surface area contributed by atoms with Crippen LogP contribution in [0.25, 0.3) is 0 Å². The summed E-state index contributed by atoms with van der Waals surface area (Å²) in [5.41, 5.74) is 5.82. The average Bonchev–Trinajstić information content (AvgIpc) is 3.14. The molecule has 190 valence electrons. The quantitative estimate of drug-likeness (QED) is 0.321. The fraction of sp³-hybridized carbons (Fsp3) is 0.316. The summed E-state index contributed by atoms with van der Waals surface area (Å²) in [4.78, 5) is 27.4. The van der Waals surface area contributed by atoms with Crippen molar-refractivity contribution < 1.29 is 36.3 Å².